The Kier molecular flexibility index (Phi) is 4.70. The van der Waals surface area contributed by atoms with E-state index in [-0.39, 0.29) is 11.7 Å². The average Bonchev–Trinajstić information content (AvgIpc) is 2.97. The summed E-state index contributed by atoms with van der Waals surface area (Å²) < 4.78 is 13.4. The Morgan fingerprint density at radius 1 is 1.29 bits per heavy atom. The van der Waals surface area contributed by atoms with E-state index in [1.165, 1.54) is 17.4 Å². The van der Waals surface area contributed by atoms with Crippen molar-refractivity contribution in [2.45, 2.75) is 19.9 Å². The maximum atomic E-state index is 13.4. The number of anilines is 1. The second kappa shape index (κ2) is 6.49. The molecule has 2 N–H and O–H groups in total. The van der Waals surface area contributed by atoms with Crippen LogP contribution in [0.3, 0.4) is 0 Å². The molecule has 1 atom stereocenters. The van der Waals surface area contributed by atoms with Gasteiger partial charge in [0.25, 0.3) is 5.91 Å². The van der Waals surface area contributed by atoms with E-state index in [0.717, 1.165) is 0 Å². The van der Waals surface area contributed by atoms with Crippen LogP contribution in [0.4, 0.5) is 10.1 Å². The largest absolute Gasteiger partial charge is 0.340 e. The van der Waals surface area contributed by atoms with E-state index in [0.29, 0.717) is 16.1 Å². The van der Waals surface area contributed by atoms with Crippen LogP contribution in [0.15, 0.2) is 35.7 Å². The van der Waals surface area contributed by atoms with Crippen molar-refractivity contribution in [2.24, 2.45) is 0 Å². The first-order valence-corrected chi connectivity index (χ1v) is 7.26. The molecule has 0 saturated carbocycles. The summed E-state index contributed by atoms with van der Waals surface area (Å²) in [6.07, 6.45) is 0. The first-order chi connectivity index (χ1) is 9.97. The average molecular weight is 306 g/mol. The molecular weight excluding hydrogens is 291 g/mol. The molecule has 0 fully saturated rings. The number of rotatable bonds is 4. The Hall–Kier alpha value is -2.21. The third kappa shape index (κ3) is 3.88. The Morgan fingerprint density at radius 3 is 2.67 bits per heavy atom. The number of benzene rings is 1. The Bertz CT molecular complexity index is 656. The number of amides is 2. The molecule has 2 amide bonds. The lowest BCUT2D eigenvalue weighted by atomic mass is 10.2. The summed E-state index contributed by atoms with van der Waals surface area (Å²) in [5.41, 5.74) is 0.868. The van der Waals surface area contributed by atoms with Crippen LogP contribution in [0, 0.1) is 12.7 Å². The van der Waals surface area contributed by atoms with E-state index >= 15 is 0 Å². The molecule has 21 heavy (non-hydrogen) atoms. The van der Waals surface area contributed by atoms with Gasteiger partial charge in [-0.25, -0.2) is 4.39 Å². The molecule has 4 nitrogen and oxygen atoms in total. The van der Waals surface area contributed by atoms with Gasteiger partial charge in [0.05, 0.1) is 4.88 Å². The van der Waals surface area contributed by atoms with Gasteiger partial charge in [-0.05, 0) is 43.0 Å². The fraction of sp³-hybridized carbons (Fsp3) is 0.200. The monoisotopic (exact) mass is 306 g/mol. The Morgan fingerprint density at radius 2 is 2.05 bits per heavy atom. The van der Waals surface area contributed by atoms with Crippen molar-refractivity contribution >= 4 is 28.8 Å². The van der Waals surface area contributed by atoms with Gasteiger partial charge in [-0.2, -0.15) is 0 Å². The molecule has 1 unspecified atom stereocenters. The summed E-state index contributed by atoms with van der Waals surface area (Å²) in [6.45, 7) is 3.22. The van der Waals surface area contributed by atoms with Crippen LogP contribution < -0.4 is 10.6 Å². The van der Waals surface area contributed by atoms with E-state index in [9.17, 15) is 14.0 Å². The van der Waals surface area contributed by atoms with Crippen molar-refractivity contribution in [2.75, 3.05) is 5.32 Å². The van der Waals surface area contributed by atoms with Crippen LogP contribution in [-0.2, 0) is 4.79 Å². The predicted molar refractivity (Wildman–Crippen MR) is 81.0 cm³/mol. The molecule has 1 aromatic carbocycles. The fourth-order valence-electron chi connectivity index (χ4n) is 1.66. The number of carbonyl (C=O) groups is 2. The van der Waals surface area contributed by atoms with Crippen LogP contribution in [0.1, 0.15) is 22.2 Å². The SMILES string of the molecule is Cc1ccc(NC(=O)C(C)NC(=O)c2cccs2)cc1F. The van der Waals surface area contributed by atoms with Gasteiger partial charge in [0.15, 0.2) is 0 Å². The molecule has 0 aliphatic heterocycles. The lowest BCUT2D eigenvalue weighted by molar-refractivity contribution is -0.117. The van der Waals surface area contributed by atoms with Crippen molar-refractivity contribution in [3.8, 4) is 0 Å². The van der Waals surface area contributed by atoms with Gasteiger partial charge in [-0.1, -0.05) is 12.1 Å². The lowest BCUT2D eigenvalue weighted by Crippen LogP contribution is -2.41. The molecular formula is C15H15FN2O2S. The minimum Gasteiger partial charge on any atom is -0.340 e. The summed E-state index contributed by atoms with van der Waals surface area (Å²) in [7, 11) is 0. The number of aryl methyl sites for hydroxylation is 1. The third-order valence-corrected chi connectivity index (χ3v) is 3.79. The van der Waals surface area contributed by atoms with Gasteiger partial charge >= 0.3 is 0 Å². The maximum Gasteiger partial charge on any atom is 0.261 e. The first-order valence-electron chi connectivity index (χ1n) is 6.39. The number of carbonyl (C=O) groups excluding carboxylic acids is 2. The Balaban J connectivity index is 1.96. The van der Waals surface area contributed by atoms with E-state index in [1.54, 1.807) is 43.5 Å². The number of nitrogens with one attached hydrogen (secondary N) is 2. The maximum absolute atomic E-state index is 13.4. The zero-order valence-electron chi connectivity index (χ0n) is 11.6. The molecule has 2 aromatic rings. The lowest BCUT2D eigenvalue weighted by Gasteiger charge is -2.14. The summed E-state index contributed by atoms with van der Waals surface area (Å²) in [5, 5.41) is 6.95. The number of hydrogen-bond donors (Lipinski definition) is 2. The third-order valence-electron chi connectivity index (χ3n) is 2.93. The van der Waals surface area contributed by atoms with E-state index in [1.807, 2.05) is 0 Å². The molecule has 110 valence electrons. The normalized spacial score (nSPS) is 11.8. The summed E-state index contributed by atoms with van der Waals surface area (Å²) in [5.74, 6) is -1.09. The number of halogens is 1. The second-order valence-corrected chi connectivity index (χ2v) is 5.57. The molecule has 0 aliphatic carbocycles. The van der Waals surface area contributed by atoms with Crippen molar-refractivity contribution in [3.63, 3.8) is 0 Å². The van der Waals surface area contributed by atoms with Crippen LogP contribution in [0.2, 0.25) is 0 Å². The van der Waals surface area contributed by atoms with Gasteiger partial charge in [-0.15, -0.1) is 11.3 Å². The van der Waals surface area contributed by atoms with E-state index in [4.69, 9.17) is 0 Å². The first kappa shape index (κ1) is 15.2. The molecule has 0 spiro atoms. The highest BCUT2D eigenvalue weighted by molar-refractivity contribution is 7.12. The highest BCUT2D eigenvalue weighted by atomic mass is 32.1. The Labute approximate surface area is 126 Å². The minimum absolute atomic E-state index is 0.303. The van der Waals surface area contributed by atoms with Gasteiger partial charge in [0.2, 0.25) is 5.91 Å². The molecule has 2 rings (SSSR count). The summed E-state index contributed by atoms with van der Waals surface area (Å²) in [4.78, 5) is 24.3. The van der Waals surface area contributed by atoms with Crippen LogP contribution >= 0.6 is 11.3 Å². The molecule has 0 radical (unpaired) electrons. The highest BCUT2D eigenvalue weighted by Crippen LogP contribution is 2.14. The zero-order valence-corrected chi connectivity index (χ0v) is 12.5. The molecule has 0 bridgehead atoms. The van der Waals surface area contributed by atoms with Crippen LogP contribution in [0.5, 0.6) is 0 Å². The number of thiophene rings is 1. The van der Waals surface area contributed by atoms with Gasteiger partial charge in [0, 0.05) is 5.69 Å². The van der Waals surface area contributed by atoms with E-state index < -0.39 is 11.9 Å². The molecule has 6 heteroatoms. The molecule has 0 saturated heterocycles. The molecule has 1 heterocycles. The second-order valence-electron chi connectivity index (χ2n) is 4.63. The molecule has 0 aliphatic rings. The van der Waals surface area contributed by atoms with Crippen molar-refractivity contribution in [1.29, 1.82) is 0 Å². The summed E-state index contributed by atoms with van der Waals surface area (Å²) >= 11 is 1.30. The van der Waals surface area contributed by atoms with Crippen LogP contribution in [-0.4, -0.2) is 17.9 Å². The topological polar surface area (TPSA) is 58.2 Å². The van der Waals surface area contributed by atoms with Crippen molar-refractivity contribution in [3.05, 3.63) is 52.0 Å². The van der Waals surface area contributed by atoms with Gasteiger partial charge in [-0.3, -0.25) is 9.59 Å². The van der Waals surface area contributed by atoms with Crippen molar-refractivity contribution < 1.29 is 14.0 Å². The standard InChI is InChI=1S/C15H15FN2O2S/c1-9-5-6-11(8-12(9)16)18-14(19)10(2)17-15(20)13-4-3-7-21-13/h3-8,10H,1-2H3,(H,17,20)(H,18,19). The van der Waals surface area contributed by atoms with Crippen LogP contribution in [0.25, 0.3) is 0 Å². The predicted octanol–water partition coefficient (Wildman–Crippen LogP) is 2.95. The minimum atomic E-state index is -0.719. The smallest absolute Gasteiger partial charge is 0.261 e. The fourth-order valence-corrected chi connectivity index (χ4v) is 2.29. The number of hydrogen-bond acceptors (Lipinski definition) is 3. The molecule has 1 aromatic heterocycles. The summed E-state index contributed by atoms with van der Waals surface area (Å²) in [6, 6.07) is 7.17. The van der Waals surface area contributed by atoms with E-state index in [2.05, 4.69) is 10.6 Å². The van der Waals surface area contributed by atoms with Gasteiger partial charge in [0.1, 0.15) is 11.9 Å². The van der Waals surface area contributed by atoms with Gasteiger partial charge < -0.3 is 10.6 Å². The van der Waals surface area contributed by atoms with Crippen molar-refractivity contribution in [1.82, 2.24) is 5.32 Å². The quantitative estimate of drug-likeness (QED) is 0.912. The zero-order chi connectivity index (χ0) is 15.4. The highest BCUT2D eigenvalue weighted by Gasteiger charge is 2.17.